The second kappa shape index (κ2) is 6.44. The van der Waals surface area contributed by atoms with Crippen molar-refractivity contribution in [1.29, 1.82) is 0 Å². The molecule has 0 fully saturated rings. The molecule has 5 nitrogen and oxygen atoms in total. The molecule has 0 aromatic carbocycles. The van der Waals surface area contributed by atoms with Crippen LogP contribution in [-0.4, -0.2) is 34.3 Å². The molecule has 0 radical (unpaired) electrons. The largest absolute Gasteiger partial charge is 0.396 e. The van der Waals surface area contributed by atoms with Gasteiger partial charge in [0.2, 0.25) is 0 Å². The van der Waals surface area contributed by atoms with Gasteiger partial charge in [0.25, 0.3) is 0 Å². The van der Waals surface area contributed by atoms with Gasteiger partial charge in [-0.3, -0.25) is 0 Å². The molecule has 15 heavy (non-hydrogen) atoms. The molecule has 1 heterocycles. The van der Waals surface area contributed by atoms with Crippen molar-refractivity contribution < 1.29 is 5.11 Å². The number of hydrogen-bond donors (Lipinski definition) is 3. The molecule has 84 valence electrons. The highest BCUT2D eigenvalue weighted by Gasteiger charge is 2.13. The number of nitrogens with zero attached hydrogens (tertiary/aromatic N) is 2. The third-order valence-electron chi connectivity index (χ3n) is 2.25. The molecular weight excluding hydrogens is 192 g/mol. The summed E-state index contributed by atoms with van der Waals surface area (Å²) < 4.78 is 0. The van der Waals surface area contributed by atoms with E-state index >= 15 is 0 Å². The molecule has 2 atom stereocenters. The van der Waals surface area contributed by atoms with E-state index in [1.165, 1.54) is 6.33 Å². The van der Waals surface area contributed by atoms with Crippen molar-refractivity contribution in [1.82, 2.24) is 15.3 Å². The molecular formula is C10H18N4O. The molecule has 1 rings (SSSR count). The van der Waals surface area contributed by atoms with Crippen molar-refractivity contribution >= 4 is 0 Å². The van der Waals surface area contributed by atoms with Crippen LogP contribution in [0.2, 0.25) is 0 Å². The molecule has 0 spiro atoms. The summed E-state index contributed by atoms with van der Waals surface area (Å²) in [6, 6.07) is 2.09. The zero-order valence-electron chi connectivity index (χ0n) is 8.93. The summed E-state index contributed by atoms with van der Waals surface area (Å²) in [6.45, 7) is 2.67. The number of nitrogens with one attached hydrogen (secondary N) is 1. The van der Waals surface area contributed by atoms with Crippen LogP contribution in [0.5, 0.6) is 0 Å². The Kier molecular flexibility index (Phi) is 5.17. The normalized spacial score (nSPS) is 14.9. The van der Waals surface area contributed by atoms with Crippen LogP contribution >= 0.6 is 0 Å². The van der Waals surface area contributed by atoms with Crippen molar-refractivity contribution in [2.45, 2.75) is 25.4 Å². The lowest BCUT2D eigenvalue weighted by Gasteiger charge is -2.20. The summed E-state index contributed by atoms with van der Waals surface area (Å²) >= 11 is 0. The lowest BCUT2D eigenvalue weighted by Crippen LogP contribution is -2.36. The monoisotopic (exact) mass is 210 g/mol. The third kappa shape index (κ3) is 3.91. The van der Waals surface area contributed by atoms with E-state index in [0.29, 0.717) is 13.0 Å². The number of nitrogens with two attached hydrogens (primary N) is 1. The Labute approximate surface area is 89.7 Å². The van der Waals surface area contributed by atoms with Gasteiger partial charge in [0.05, 0.1) is 11.7 Å². The van der Waals surface area contributed by atoms with Gasteiger partial charge < -0.3 is 16.2 Å². The quantitative estimate of drug-likeness (QED) is 0.607. The molecule has 0 aliphatic carbocycles. The van der Waals surface area contributed by atoms with Crippen LogP contribution in [0, 0.1) is 0 Å². The Morgan fingerprint density at radius 2 is 2.40 bits per heavy atom. The van der Waals surface area contributed by atoms with Crippen LogP contribution in [0.4, 0.5) is 0 Å². The van der Waals surface area contributed by atoms with Gasteiger partial charge in [0, 0.05) is 25.4 Å². The molecule has 0 saturated carbocycles. The smallest absolute Gasteiger partial charge is 0.115 e. The number of aliphatic hydroxyl groups is 1. The van der Waals surface area contributed by atoms with Gasteiger partial charge in [0.1, 0.15) is 6.33 Å². The van der Waals surface area contributed by atoms with Gasteiger partial charge in [-0.2, -0.15) is 0 Å². The van der Waals surface area contributed by atoms with Crippen LogP contribution < -0.4 is 11.1 Å². The number of hydrogen-bond acceptors (Lipinski definition) is 5. The molecule has 0 amide bonds. The fourth-order valence-electron chi connectivity index (χ4n) is 1.40. The zero-order chi connectivity index (χ0) is 11.1. The lowest BCUT2D eigenvalue weighted by atomic mass is 10.1. The van der Waals surface area contributed by atoms with E-state index in [4.69, 9.17) is 10.8 Å². The highest BCUT2D eigenvalue weighted by molar-refractivity contribution is 5.05. The lowest BCUT2D eigenvalue weighted by molar-refractivity contribution is 0.263. The van der Waals surface area contributed by atoms with E-state index in [0.717, 1.165) is 5.69 Å². The first-order valence-corrected chi connectivity index (χ1v) is 5.10. The van der Waals surface area contributed by atoms with Crippen molar-refractivity contribution in [3.05, 3.63) is 24.3 Å². The predicted molar refractivity (Wildman–Crippen MR) is 58.1 cm³/mol. The van der Waals surface area contributed by atoms with E-state index in [1.807, 2.05) is 13.0 Å². The molecule has 0 aliphatic heterocycles. The van der Waals surface area contributed by atoms with E-state index in [1.54, 1.807) is 6.20 Å². The molecule has 1 aromatic heterocycles. The molecule has 1 aromatic rings. The van der Waals surface area contributed by atoms with E-state index < -0.39 is 0 Å². The van der Waals surface area contributed by atoms with Gasteiger partial charge in [-0.1, -0.05) is 0 Å². The summed E-state index contributed by atoms with van der Waals surface area (Å²) in [4.78, 5) is 8.00. The Balaban J connectivity index is 2.56. The van der Waals surface area contributed by atoms with Crippen LogP contribution in [0.15, 0.2) is 18.6 Å². The molecule has 2 unspecified atom stereocenters. The average molecular weight is 210 g/mol. The van der Waals surface area contributed by atoms with Gasteiger partial charge in [0.15, 0.2) is 0 Å². The summed E-state index contributed by atoms with van der Waals surface area (Å²) in [5.74, 6) is 0. The van der Waals surface area contributed by atoms with E-state index in [9.17, 15) is 0 Å². The van der Waals surface area contributed by atoms with Crippen LogP contribution in [0.1, 0.15) is 25.1 Å². The highest BCUT2D eigenvalue weighted by Crippen LogP contribution is 2.08. The number of aromatic nitrogens is 2. The number of rotatable bonds is 6. The van der Waals surface area contributed by atoms with Crippen molar-refractivity contribution in [2.75, 3.05) is 13.2 Å². The summed E-state index contributed by atoms with van der Waals surface area (Å²) in [5.41, 5.74) is 6.55. The SMILES string of the molecule is CC(CCO)NC(CN)c1ccncn1. The summed E-state index contributed by atoms with van der Waals surface area (Å²) in [7, 11) is 0. The first-order valence-electron chi connectivity index (χ1n) is 5.10. The second-order valence-corrected chi connectivity index (χ2v) is 3.50. The fraction of sp³-hybridized carbons (Fsp3) is 0.600. The fourth-order valence-corrected chi connectivity index (χ4v) is 1.40. The summed E-state index contributed by atoms with van der Waals surface area (Å²) in [6.07, 6.45) is 3.92. The van der Waals surface area contributed by atoms with Crippen LogP contribution in [0.25, 0.3) is 0 Å². The van der Waals surface area contributed by atoms with E-state index in [-0.39, 0.29) is 18.7 Å². The minimum atomic E-state index is 0.0227. The first-order chi connectivity index (χ1) is 7.27. The Morgan fingerprint density at radius 3 is 2.93 bits per heavy atom. The molecule has 0 aliphatic rings. The second-order valence-electron chi connectivity index (χ2n) is 3.50. The maximum atomic E-state index is 8.80. The van der Waals surface area contributed by atoms with Gasteiger partial charge >= 0.3 is 0 Å². The van der Waals surface area contributed by atoms with Crippen molar-refractivity contribution in [3.8, 4) is 0 Å². The Morgan fingerprint density at radius 1 is 1.60 bits per heavy atom. The third-order valence-corrected chi connectivity index (χ3v) is 2.25. The molecule has 0 saturated heterocycles. The van der Waals surface area contributed by atoms with Crippen LogP contribution in [0.3, 0.4) is 0 Å². The highest BCUT2D eigenvalue weighted by atomic mass is 16.3. The van der Waals surface area contributed by atoms with Gasteiger partial charge in [-0.15, -0.1) is 0 Å². The maximum absolute atomic E-state index is 8.80. The topological polar surface area (TPSA) is 84.1 Å². The van der Waals surface area contributed by atoms with Gasteiger partial charge in [-0.25, -0.2) is 9.97 Å². The number of aliphatic hydroxyl groups excluding tert-OH is 1. The Bertz CT molecular complexity index is 267. The van der Waals surface area contributed by atoms with Crippen molar-refractivity contribution in [2.24, 2.45) is 5.73 Å². The zero-order valence-corrected chi connectivity index (χ0v) is 8.93. The first kappa shape index (κ1) is 12.0. The standard InChI is InChI=1S/C10H18N4O/c1-8(3-5-15)14-10(6-11)9-2-4-12-7-13-9/h2,4,7-8,10,14-15H,3,5-6,11H2,1H3. The summed E-state index contributed by atoms with van der Waals surface area (Å²) in [5, 5.41) is 12.1. The minimum Gasteiger partial charge on any atom is -0.396 e. The maximum Gasteiger partial charge on any atom is 0.115 e. The minimum absolute atomic E-state index is 0.0227. The molecule has 5 heteroatoms. The predicted octanol–water partition coefficient (Wildman–Crippen LogP) is -0.163. The average Bonchev–Trinajstić information content (AvgIpc) is 2.27. The van der Waals surface area contributed by atoms with Crippen molar-refractivity contribution in [3.63, 3.8) is 0 Å². The molecule has 0 bridgehead atoms. The van der Waals surface area contributed by atoms with E-state index in [2.05, 4.69) is 15.3 Å². The molecule has 4 N–H and O–H groups in total. The van der Waals surface area contributed by atoms with Crippen LogP contribution in [-0.2, 0) is 0 Å². The Hall–Kier alpha value is -1.04. The van der Waals surface area contributed by atoms with Gasteiger partial charge in [-0.05, 0) is 19.4 Å².